The molecule has 1 aromatic rings. The largest absolute Gasteiger partial charge is 0.285 e. The van der Waals surface area contributed by atoms with Crippen molar-refractivity contribution in [2.45, 2.75) is 27.2 Å². The lowest BCUT2D eigenvalue weighted by Crippen LogP contribution is -1.67. The smallest absolute Gasteiger partial charge is 0.0519 e. The Kier molecular flexibility index (Phi) is 4.88. The molecule has 0 saturated heterocycles. The second-order valence-corrected chi connectivity index (χ2v) is 1.46. The number of aromatic amines is 1. The summed E-state index contributed by atoms with van der Waals surface area (Å²) in [6.45, 7) is 6.10. The number of hydrogen-bond acceptors (Lipinski definition) is 1. The Bertz CT molecular complexity index is 121. The molecule has 0 fully saturated rings. The van der Waals surface area contributed by atoms with Gasteiger partial charge in [-0.15, -0.1) is 0 Å². The molecule has 0 spiro atoms. The molecule has 1 N–H and O–H groups in total. The summed E-state index contributed by atoms with van der Waals surface area (Å²) in [6.07, 6.45) is 4.80. The summed E-state index contributed by atoms with van der Waals surface area (Å²) in [6, 6.07) is 0. The van der Waals surface area contributed by atoms with Crippen LogP contribution in [0.5, 0.6) is 0 Å². The first-order chi connectivity index (χ1) is 4.43. The molecular weight excluding hydrogens is 112 g/mol. The van der Waals surface area contributed by atoms with E-state index in [1.54, 1.807) is 0 Å². The average Bonchev–Trinajstić information content (AvgIpc) is 2.43. The van der Waals surface area contributed by atoms with Gasteiger partial charge in [0, 0.05) is 6.20 Å². The van der Waals surface area contributed by atoms with E-state index in [0.717, 1.165) is 6.42 Å². The van der Waals surface area contributed by atoms with Crippen LogP contribution in [-0.4, -0.2) is 10.2 Å². The minimum absolute atomic E-state index is 1.07. The van der Waals surface area contributed by atoms with E-state index in [1.165, 1.54) is 5.56 Å². The van der Waals surface area contributed by atoms with Crippen molar-refractivity contribution in [3.8, 4) is 0 Å². The van der Waals surface area contributed by atoms with Crippen LogP contribution in [0.15, 0.2) is 12.4 Å². The van der Waals surface area contributed by atoms with Gasteiger partial charge in [-0.2, -0.15) is 5.10 Å². The molecule has 0 aromatic carbocycles. The van der Waals surface area contributed by atoms with Gasteiger partial charge >= 0.3 is 0 Å². The van der Waals surface area contributed by atoms with Gasteiger partial charge in [-0.1, -0.05) is 20.8 Å². The van der Waals surface area contributed by atoms with Crippen molar-refractivity contribution in [2.24, 2.45) is 0 Å². The Morgan fingerprint density at radius 1 is 1.56 bits per heavy atom. The third-order valence-corrected chi connectivity index (χ3v) is 0.963. The fraction of sp³-hybridized carbons (Fsp3) is 0.571. The number of aryl methyl sites for hydroxylation is 1. The Morgan fingerprint density at radius 2 is 2.22 bits per heavy atom. The first-order valence-electron chi connectivity index (χ1n) is 3.41. The van der Waals surface area contributed by atoms with Crippen LogP contribution in [0.1, 0.15) is 26.3 Å². The number of H-pyrrole nitrogens is 1. The van der Waals surface area contributed by atoms with E-state index < -0.39 is 0 Å². The van der Waals surface area contributed by atoms with Gasteiger partial charge in [0.15, 0.2) is 0 Å². The number of aromatic nitrogens is 2. The van der Waals surface area contributed by atoms with Gasteiger partial charge in [0.05, 0.1) is 6.20 Å². The Morgan fingerprint density at radius 3 is 2.44 bits per heavy atom. The second kappa shape index (κ2) is 5.35. The molecule has 0 saturated carbocycles. The lowest BCUT2D eigenvalue weighted by molar-refractivity contribution is 1.09. The number of nitrogens with zero attached hydrogens (tertiary/aromatic N) is 1. The zero-order valence-corrected chi connectivity index (χ0v) is 6.31. The van der Waals surface area contributed by atoms with Crippen molar-refractivity contribution in [3.05, 3.63) is 18.0 Å². The van der Waals surface area contributed by atoms with E-state index in [2.05, 4.69) is 17.1 Å². The summed E-state index contributed by atoms with van der Waals surface area (Å²) in [5.74, 6) is 0. The van der Waals surface area contributed by atoms with Gasteiger partial charge in [0.2, 0.25) is 0 Å². The van der Waals surface area contributed by atoms with Crippen molar-refractivity contribution in [2.75, 3.05) is 0 Å². The van der Waals surface area contributed by atoms with Crippen LogP contribution in [0.3, 0.4) is 0 Å². The van der Waals surface area contributed by atoms with Gasteiger partial charge in [-0.05, 0) is 12.0 Å². The monoisotopic (exact) mass is 126 g/mol. The second-order valence-electron chi connectivity index (χ2n) is 1.46. The number of hydrogen-bond donors (Lipinski definition) is 1. The zero-order chi connectivity index (χ0) is 7.11. The van der Waals surface area contributed by atoms with Crippen molar-refractivity contribution in [1.29, 1.82) is 0 Å². The minimum Gasteiger partial charge on any atom is -0.285 e. The van der Waals surface area contributed by atoms with Gasteiger partial charge in [0.1, 0.15) is 0 Å². The molecule has 1 aromatic heterocycles. The Hall–Kier alpha value is -0.790. The topological polar surface area (TPSA) is 28.7 Å². The lowest BCUT2D eigenvalue weighted by Gasteiger charge is -1.76. The SMILES string of the molecule is CC.CCc1cn[nH]c1. The highest BCUT2D eigenvalue weighted by Crippen LogP contribution is 1.91. The molecule has 0 aliphatic heterocycles. The molecule has 0 atom stereocenters. The molecule has 1 heterocycles. The molecule has 0 radical (unpaired) electrons. The van der Waals surface area contributed by atoms with Crippen LogP contribution in [0.4, 0.5) is 0 Å². The summed E-state index contributed by atoms with van der Waals surface area (Å²) in [4.78, 5) is 0. The maximum atomic E-state index is 3.77. The maximum absolute atomic E-state index is 3.77. The molecule has 1 rings (SSSR count). The first kappa shape index (κ1) is 8.21. The summed E-state index contributed by atoms with van der Waals surface area (Å²) >= 11 is 0. The summed E-state index contributed by atoms with van der Waals surface area (Å²) in [5.41, 5.74) is 1.26. The van der Waals surface area contributed by atoms with Gasteiger partial charge in [-0.25, -0.2) is 0 Å². The van der Waals surface area contributed by atoms with E-state index in [4.69, 9.17) is 0 Å². The molecular formula is C7H14N2. The van der Waals surface area contributed by atoms with Crippen LogP contribution < -0.4 is 0 Å². The summed E-state index contributed by atoms with van der Waals surface area (Å²) < 4.78 is 0. The van der Waals surface area contributed by atoms with Gasteiger partial charge in [-0.3, -0.25) is 5.10 Å². The highest BCUT2D eigenvalue weighted by atomic mass is 15.1. The average molecular weight is 126 g/mol. The quantitative estimate of drug-likeness (QED) is 0.612. The maximum Gasteiger partial charge on any atom is 0.0519 e. The molecule has 0 aliphatic carbocycles. The van der Waals surface area contributed by atoms with Crippen LogP contribution in [0, 0.1) is 0 Å². The van der Waals surface area contributed by atoms with Crippen LogP contribution in [-0.2, 0) is 6.42 Å². The minimum atomic E-state index is 1.07. The molecule has 2 nitrogen and oxygen atoms in total. The van der Waals surface area contributed by atoms with Crippen molar-refractivity contribution >= 4 is 0 Å². The highest BCUT2D eigenvalue weighted by Gasteiger charge is 1.82. The molecule has 9 heavy (non-hydrogen) atoms. The van der Waals surface area contributed by atoms with Crippen LogP contribution in [0.2, 0.25) is 0 Å². The first-order valence-corrected chi connectivity index (χ1v) is 3.41. The van der Waals surface area contributed by atoms with Crippen LogP contribution in [0.25, 0.3) is 0 Å². The van der Waals surface area contributed by atoms with E-state index in [-0.39, 0.29) is 0 Å². The highest BCUT2D eigenvalue weighted by molar-refractivity contribution is 5.00. The fourth-order valence-corrected chi connectivity index (χ4v) is 0.471. The van der Waals surface area contributed by atoms with Crippen molar-refractivity contribution in [1.82, 2.24) is 10.2 Å². The van der Waals surface area contributed by atoms with E-state index in [9.17, 15) is 0 Å². The molecule has 0 unspecified atom stereocenters. The van der Waals surface area contributed by atoms with E-state index in [1.807, 2.05) is 26.2 Å². The fourth-order valence-electron chi connectivity index (χ4n) is 0.471. The van der Waals surface area contributed by atoms with E-state index in [0.29, 0.717) is 0 Å². The van der Waals surface area contributed by atoms with Crippen molar-refractivity contribution in [3.63, 3.8) is 0 Å². The van der Waals surface area contributed by atoms with Crippen LogP contribution >= 0.6 is 0 Å². The third-order valence-electron chi connectivity index (χ3n) is 0.963. The number of nitrogens with one attached hydrogen (secondary N) is 1. The molecule has 52 valence electrons. The predicted molar refractivity (Wildman–Crippen MR) is 39.3 cm³/mol. The Balaban J connectivity index is 0.000000291. The number of rotatable bonds is 1. The van der Waals surface area contributed by atoms with E-state index >= 15 is 0 Å². The van der Waals surface area contributed by atoms with Gasteiger partial charge < -0.3 is 0 Å². The Labute approximate surface area is 56.3 Å². The molecule has 0 bridgehead atoms. The predicted octanol–water partition coefficient (Wildman–Crippen LogP) is 2.00. The molecule has 0 amide bonds. The summed E-state index contributed by atoms with van der Waals surface area (Å²) in [7, 11) is 0. The standard InChI is InChI=1S/C5H8N2.C2H6/c1-2-5-3-6-7-4-5;1-2/h3-4H,2H2,1H3,(H,6,7);1-2H3. The molecule has 2 heteroatoms. The normalized spacial score (nSPS) is 7.89. The van der Waals surface area contributed by atoms with Gasteiger partial charge in [0.25, 0.3) is 0 Å². The zero-order valence-electron chi connectivity index (χ0n) is 6.31. The summed E-state index contributed by atoms with van der Waals surface area (Å²) in [5, 5.41) is 6.50. The van der Waals surface area contributed by atoms with Crippen molar-refractivity contribution < 1.29 is 0 Å². The third kappa shape index (κ3) is 2.90. The molecule has 0 aliphatic rings. The lowest BCUT2D eigenvalue weighted by atomic mass is 10.3.